The second-order valence-corrected chi connectivity index (χ2v) is 5.25. The van der Waals surface area contributed by atoms with Crippen LogP contribution in [0.15, 0.2) is 45.5 Å². The van der Waals surface area contributed by atoms with E-state index < -0.39 is 5.60 Å². The smallest absolute Gasteiger partial charge is 0.149 e. The van der Waals surface area contributed by atoms with E-state index in [2.05, 4.69) is 15.9 Å². The topological polar surface area (TPSA) is 42.6 Å². The minimum absolute atomic E-state index is 0.475. The first-order chi connectivity index (χ1) is 8.53. The average Bonchev–Trinajstić information content (AvgIpc) is 2.77. The fourth-order valence-electron chi connectivity index (χ4n) is 1.90. The van der Waals surface area contributed by atoms with Gasteiger partial charge in [-0.05, 0) is 46.6 Å². The molecule has 1 N–H and O–H groups in total. The number of furan rings is 1. The molecule has 0 saturated carbocycles. The summed E-state index contributed by atoms with van der Waals surface area (Å²) in [6, 6.07) is 9.40. The molecule has 1 heterocycles. The largest absolute Gasteiger partial charge is 0.497 e. The third-order valence-corrected chi connectivity index (χ3v) is 3.44. The Kier molecular flexibility index (Phi) is 3.78. The van der Waals surface area contributed by atoms with E-state index in [0.29, 0.717) is 12.2 Å². The molecule has 0 aliphatic carbocycles. The number of aliphatic hydroxyl groups is 1. The summed E-state index contributed by atoms with van der Waals surface area (Å²) in [6.45, 7) is 1.74. The molecular formula is C14H15BrO3. The maximum absolute atomic E-state index is 10.5. The lowest BCUT2D eigenvalue weighted by Crippen LogP contribution is -2.24. The Balaban J connectivity index is 2.19. The van der Waals surface area contributed by atoms with Crippen LogP contribution in [0.3, 0.4) is 0 Å². The number of rotatable bonds is 4. The van der Waals surface area contributed by atoms with Crippen molar-refractivity contribution in [2.45, 2.75) is 18.9 Å². The Hall–Kier alpha value is -1.26. The second-order valence-electron chi connectivity index (χ2n) is 4.40. The molecule has 4 heteroatoms. The number of ether oxygens (including phenoxy) is 1. The van der Waals surface area contributed by atoms with Gasteiger partial charge in [0.15, 0.2) is 0 Å². The molecule has 3 nitrogen and oxygen atoms in total. The minimum atomic E-state index is -1.04. The molecular weight excluding hydrogens is 296 g/mol. The Labute approximate surface area is 115 Å². The lowest BCUT2D eigenvalue weighted by molar-refractivity contribution is 0.0335. The van der Waals surface area contributed by atoms with Crippen LogP contribution >= 0.6 is 15.9 Å². The van der Waals surface area contributed by atoms with Crippen molar-refractivity contribution in [1.29, 1.82) is 0 Å². The van der Waals surface area contributed by atoms with Crippen molar-refractivity contribution in [3.05, 3.63) is 52.4 Å². The van der Waals surface area contributed by atoms with Crippen LogP contribution in [0.1, 0.15) is 18.2 Å². The molecule has 1 aromatic carbocycles. The molecule has 2 rings (SSSR count). The van der Waals surface area contributed by atoms with Gasteiger partial charge in [-0.2, -0.15) is 0 Å². The van der Waals surface area contributed by atoms with E-state index in [4.69, 9.17) is 9.15 Å². The van der Waals surface area contributed by atoms with Crippen LogP contribution in [0.25, 0.3) is 0 Å². The molecule has 0 saturated heterocycles. The van der Waals surface area contributed by atoms with Crippen LogP contribution < -0.4 is 4.74 Å². The van der Waals surface area contributed by atoms with Gasteiger partial charge in [0, 0.05) is 6.42 Å². The fraction of sp³-hybridized carbons (Fsp3) is 0.286. The predicted octanol–water partition coefficient (Wildman–Crippen LogP) is 3.50. The lowest BCUT2D eigenvalue weighted by atomic mass is 9.94. The first-order valence-corrected chi connectivity index (χ1v) is 6.41. The summed E-state index contributed by atoms with van der Waals surface area (Å²) in [5, 5.41) is 10.5. The predicted molar refractivity (Wildman–Crippen MR) is 72.7 cm³/mol. The standard InChI is InChI=1S/C14H15BrO3/c1-14(16,13-12(15)7-8-18-13)9-10-3-5-11(17-2)6-4-10/h3-8,16H,9H2,1-2H3. The molecule has 2 aromatic rings. The summed E-state index contributed by atoms with van der Waals surface area (Å²) in [6.07, 6.45) is 2.03. The Morgan fingerprint density at radius 2 is 1.94 bits per heavy atom. The van der Waals surface area contributed by atoms with E-state index in [1.165, 1.54) is 0 Å². The number of benzene rings is 1. The van der Waals surface area contributed by atoms with Gasteiger partial charge < -0.3 is 14.3 Å². The fourth-order valence-corrected chi connectivity index (χ4v) is 2.53. The van der Waals surface area contributed by atoms with Gasteiger partial charge in [-0.15, -0.1) is 0 Å². The third-order valence-electron chi connectivity index (χ3n) is 2.81. The van der Waals surface area contributed by atoms with Crippen LogP contribution in [0.5, 0.6) is 5.75 Å². The number of methoxy groups -OCH3 is 1. The number of hydrogen-bond acceptors (Lipinski definition) is 3. The summed E-state index contributed by atoms with van der Waals surface area (Å²) in [5.41, 5.74) is -0.0270. The molecule has 0 spiro atoms. The van der Waals surface area contributed by atoms with Crippen molar-refractivity contribution >= 4 is 15.9 Å². The van der Waals surface area contributed by atoms with Crippen LogP contribution in [0.4, 0.5) is 0 Å². The molecule has 1 unspecified atom stereocenters. The maximum atomic E-state index is 10.5. The molecule has 0 amide bonds. The van der Waals surface area contributed by atoms with Crippen molar-refractivity contribution in [3.8, 4) is 5.75 Å². The Morgan fingerprint density at radius 1 is 1.28 bits per heavy atom. The number of hydrogen-bond donors (Lipinski definition) is 1. The van der Waals surface area contributed by atoms with Crippen LogP contribution in [-0.2, 0) is 12.0 Å². The molecule has 0 bridgehead atoms. The molecule has 96 valence electrons. The lowest BCUT2D eigenvalue weighted by Gasteiger charge is -2.21. The van der Waals surface area contributed by atoms with E-state index in [-0.39, 0.29) is 0 Å². The SMILES string of the molecule is COc1ccc(CC(C)(O)c2occc2Br)cc1. The highest BCUT2D eigenvalue weighted by molar-refractivity contribution is 9.10. The van der Waals surface area contributed by atoms with Gasteiger partial charge in [-0.25, -0.2) is 0 Å². The van der Waals surface area contributed by atoms with Crippen molar-refractivity contribution in [1.82, 2.24) is 0 Å². The zero-order chi connectivity index (χ0) is 13.2. The minimum Gasteiger partial charge on any atom is -0.497 e. The number of halogens is 1. The molecule has 18 heavy (non-hydrogen) atoms. The van der Waals surface area contributed by atoms with E-state index in [0.717, 1.165) is 15.8 Å². The van der Waals surface area contributed by atoms with Crippen molar-refractivity contribution in [2.75, 3.05) is 7.11 Å². The van der Waals surface area contributed by atoms with Gasteiger partial charge in [0.25, 0.3) is 0 Å². The summed E-state index contributed by atoms with van der Waals surface area (Å²) in [5.74, 6) is 1.34. The Bertz CT molecular complexity index is 514. The first-order valence-electron chi connectivity index (χ1n) is 5.62. The maximum Gasteiger partial charge on any atom is 0.149 e. The van der Waals surface area contributed by atoms with E-state index in [1.807, 2.05) is 24.3 Å². The average molecular weight is 311 g/mol. The molecule has 0 radical (unpaired) electrons. The van der Waals surface area contributed by atoms with Gasteiger partial charge >= 0.3 is 0 Å². The van der Waals surface area contributed by atoms with E-state index >= 15 is 0 Å². The van der Waals surface area contributed by atoms with Gasteiger partial charge in [-0.1, -0.05) is 12.1 Å². The van der Waals surface area contributed by atoms with Crippen molar-refractivity contribution in [3.63, 3.8) is 0 Å². The summed E-state index contributed by atoms with van der Waals surface area (Å²) in [7, 11) is 1.63. The highest BCUT2D eigenvalue weighted by Gasteiger charge is 2.29. The second kappa shape index (κ2) is 5.16. The van der Waals surface area contributed by atoms with E-state index in [9.17, 15) is 5.11 Å². The summed E-state index contributed by atoms with van der Waals surface area (Å²) >= 11 is 3.36. The Morgan fingerprint density at radius 3 is 2.44 bits per heavy atom. The quantitative estimate of drug-likeness (QED) is 0.940. The van der Waals surface area contributed by atoms with Gasteiger partial charge in [-0.3, -0.25) is 0 Å². The zero-order valence-electron chi connectivity index (χ0n) is 10.3. The summed E-state index contributed by atoms with van der Waals surface area (Å²) in [4.78, 5) is 0. The summed E-state index contributed by atoms with van der Waals surface area (Å²) < 4.78 is 11.2. The van der Waals surface area contributed by atoms with Crippen molar-refractivity contribution < 1.29 is 14.3 Å². The van der Waals surface area contributed by atoms with Crippen LogP contribution in [-0.4, -0.2) is 12.2 Å². The van der Waals surface area contributed by atoms with Gasteiger partial charge in [0.1, 0.15) is 17.1 Å². The monoisotopic (exact) mass is 310 g/mol. The highest BCUT2D eigenvalue weighted by atomic mass is 79.9. The molecule has 0 aliphatic rings. The molecule has 0 fully saturated rings. The molecule has 0 aliphatic heterocycles. The van der Waals surface area contributed by atoms with Gasteiger partial charge in [0.05, 0.1) is 17.8 Å². The molecule has 1 aromatic heterocycles. The third kappa shape index (κ3) is 2.76. The first kappa shape index (κ1) is 13.2. The molecule has 1 atom stereocenters. The van der Waals surface area contributed by atoms with Crippen LogP contribution in [0, 0.1) is 0 Å². The van der Waals surface area contributed by atoms with Crippen LogP contribution in [0.2, 0.25) is 0 Å². The van der Waals surface area contributed by atoms with Gasteiger partial charge in [0.2, 0.25) is 0 Å². The highest BCUT2D eigenvalue weighted by Crippen LogP contribution is 2.32. The zero-order valence-corrected chi connectivity index (χ0v) is 11.9. The van der Waals surface area contributed by atoms with E-state index in [1.54, 1.807) is 26.4 Å². The van der Waals surface area contributed by atoms with Crippen molar-refractivity contribution in [2.24, 2.45) is 0 Å². The normalized spacial score (nSPS) is 14.2.